The van der Waals surface area contributed by atoms with Gasteiger partial charge >= 0.3 is 0 Å². The molecule has 1 saturated carbocycles. The fraction of sp³-hybridized carbons (Fsp3) is 0.500. The van der Waals surface area contributed by atoms with Crippen molar-refractivity contribution in [2.24, 2.45) is 0 Å². The number of pyridine rings is 1. The molecule has 0 radical (unpaired) electrons. The van der Waals surface area contributed by atoms with E-state index in [0.717, 1.165) is 35.6 Å². The number of aromatic nitrogens is 3. The number of fused-ring (bicyclic) bond motifs is 2. The minimum absolute atomic E-state index is 0.576. The van der Waals surface area contributed by atoms with Gasteiger partial charge in [-0.2, -0.15) is 0 Å². The molecule has 2 aromatic rings. The van der Waals surface area contributed by atoms with Crippen LogP contribution < -0.4 is 4.90 Å². The van der Waals surface area contributed by atoms with Crippen LogP contribution in [0.3, 0.4) is 0 Å². The minimum atomic E-state index is 0.576. The highest BCUT2D eigenvalue weighted by atomic mass is 79.9. The van der Waals surface area contributed by atoms with Gasteiger partial charge in [0, 0.05) is 60.1 Å². The summed E-state index contributed by atoms with van der Waals surface area (Å²) in [6, 6.07) is 7.59. The average molecular weight is 386 g/mol. The highest BCUT2D eigenvalue weighted by molar-refractivity contribution is 9.10. The first kappa shape index (κ1) is 14.8. The molecule has 4 heterocycles. The van der Waals surface area contributed by atoms with E-state index in [0.29, 0.717) is 18.0 Å². The Hall–Kier alpha value is -1.53. The van der Waals surface area contributed by atoms with Crippen LogP contribution in [0.1, 0.15) is 36.6 Å². The fourth-order valence-electron chi connectivity index (χ4n) is 4.05. The van der Waals surface area contributed by atoms with Crippen molar-refractivity contribution in [3.8, 4) is 0 Å². The van der Waals surface area contributed by atoms with Gasteiger partial charge in [-0.1, -0.05) is 0 Å². The van der Waals surface area contributed by atoms with Crippen molar-refractivity contribution in [1.82, 2.24) is 19.9 Å². The van der Waals surface area contributed by atoms with Crippen molar-refractivity contribution < 1.29 is 0 Å². The quantitative estimate of drug-likeness (QED) is 0.809. The molecule has 0 spiro atoms. The Balaban J connectivity index is 1.28. The Morgan fingerprint density at radius 2 is 2.00 bits per heavy atom. The van der Waals surface area contributed by atoms with Crippen molar-refractivity contribution in [1.29, 1.82) is 0 Å². The molecule has 0 amide bonds. The predicted molar refractivity (Wildman–Crippen MR) is 95.9 cm³/mol. The summed E-state index contributed by atoms with van der Waals surface area (Å²) in [5.41, 5.74) is 2.38. The molecule has 124 valence electrons. The third-order valence-corrected chi connectivity index (χ3v) is 5.94. The third-order valence-electron chi connectivity index (χ3n) is 5.47. The van der Waals surface area contributed by atoms with Gasteiger partial charge in [0.15, 0.2) is 0 Å². The van der Waals surface area contributed by atoms with E-state index in [2.05, 4.69) is 58.9 Å². The molecule has 3 fully saturated rings. The standard InChI is InChI=1S/C18H20BrN5/c19-13-3-4-14(20-7-13)8-23-9-16-5-15(23)10-24(16)18-6-17(12-1-2-12)21-11-22-18/h3-4,6-7,11-12,15-16H,1-2,5,8-10H2. The summed E-state index contributed by atoms with van der Waals surface area (Å²) in [5, 5.41) is 0. The maximum atomic E-state index is 4.55. The molecule has 0 N–H and O–H groups in total. The zero-order chi connectivity index (χ0) is 16.1. The third kappa shape index (κ3) is 2.71. The van der Waals surface area contributed by atoms with Gasteiger partial charge in [-0.15, -0.1) is 0 Å². The van der Waals surface area contributed by atoms with Gasteiger partial charge in [-0.3, -0.25) is 9.88 Å². The van der Waals surface area contributed by atoms with E-state index in [1.165, 1.54) is 25.0 Å². The zero-order valence-corrected chi connectivity index (χ0v) is 15.1. The van der Waals surface area contributed by atoms with Crippen LogP contribution >= 0.6 is 15.9 Å². The summed E-state index contributed by atoms with van der Waals surface area (Å²) in [6.07, 6.45) is 7.45. The summed E-state index contributed by atoms with van der Waals surface area (Å²) in [6.45, 7) is 3.12. The van der Waals surface area contributed by atoms with E-state index < -0.39 is 0 Å². The molecule has 0 aromatic carbocycles. The molecule has 24 heavy (non-hydrogen) atoms. The smallest absolute Gasteiger partial charge is 0.132 e. The monoisotopic (exact) mass is 385 g/mol. The lowest BCUT2D eigenvalue weighted by Gasteiger charge is -2.34. The van der Waals surface area contributed by atoms with Crippen LogP contribution in [0.5, 0.6) is 0 Å². The van der Waals surface area contributed by atoms with E-state index >= 15 is 0 Å². The normalized spacial score (nSPS) is 26.3. The van der Waals surface area contributed by atoms with Gasteiger partial charge in [0.25, 0.3) is 0 Å². The lowest BCUT2D eigenvalue weighted by Crippen LogP contribution is -2.46. The van der Waals surface area contributed by atoms with Gasteiger partial charge in [0.05, 0.1) is 5.69 Å². The predicted octanol–water partition coefficient (Wildman–Crippen LogP) is 2.97. The zero-order valence-electron chi connectivity index (χ0n) is 13.5. The lowest BCUT2D eigenvalue weighted by molar-refractivity contribution is 0.227. The van der Waals surface area contributed by atoms with E-state index in [1.807, 2.05) is 6.20 Å². The van der Waals surface area contributed by atoms with Crippen molar-refractivity contribution in [2.45, 2.75) is 43.8 Å². The van der Waals surface area contributed by atoms with Crippen LogP contribution in [0, 0.1) is 0 Å². The maximum Gasteiger partial charge on any atom is 0.132 e. The summed E-state index contributed by atoms with van der Waals surface area (Å²) in [5.74, 6) is 1.81. The van der Waals surface area contributed by atoms with E-state index in [1.54, 1.807) is 6.33 Å². The van der Waals surface area contributed by atoms with Crippen molar-refractivity contribution in [2.75, 3.05) is 18.0 Å². The molecular weight excluding hydrogens is 366 g/mol. The second-order valence-corrected chi connectivity index (χ2v) is 8.08. The number of likely N-dealkylation sites (tertiary alicyclic amines) is 1. The number of hydrogen-bond acceptors (Lipinski definition) is 5. The van der Waals surface area contributed by atoms with Gasteiger partial charge in [0.1, 0.15) is 12.1 Å². The summed E-state index contributed by atoms with van der Waals surface area (Å²) in [4.78, 5) is 18.6. The molecule has 2 unspecified atom stereocenters. The molecule has 6 heteroatoms. The average Bonchev–Trinajstić information content (AvgIpc) is 3.28. The summed E-state index contributed by atoms with van der Waals surface area (Å²) < 4.78 is 1.04. The molecule has 2 aliphatic heterocycles. The second-order valence-electron chi connectivity index (χ2n) is 7.17. The Kier molecular flexibility index (Phi) is 3.56. The van der Waals surface area contributed by atoms with Crippen LogP contribution in [0.15, 0.2) is 35.2 Å². The first-order valence-corrected chi connectivity index (χ1v) is 9.48. The number of anilines is 1. The first-order chi connectivity index (χ1) is 11.8. The van der Waals surface area contributed by atoms with E-state index in [-0.39, 0.29) is 0 Å². The van der Waals surface area contributed by atoms with E-state index in [4.69, 9.17) is 0 Å². The van der Waals surface area contributed by atoms with Crippen LogP contribution in [-0.4, -0.2) is 45.0 Å². The van der Waals surface area contributed by atoms with Crippen molar-refractivity contribution in [3.63, 3.8) is 0 Å². The Labute approximate surface area is 150 Å². The topological polar surface area (TPSA) is 45.2 Å². The second kappa shape index (κ2) is 5.77. The molecule has 5 nitrogen and oxygen atoms in total. The number of halogens is 1. The lowest BCUT2D eigenvalue weighted by atomic mass is 10.2. The molecule has 2 atom stereocenters. The molecule has 2 saturated heterocycles. The van der Waals surface area contributed by atoms with Crippen molar-refractivity contribution in [3.05, 3.63) is 46.6 Å². The van der Waals surface area contributed by atoms with E-state index in [9.17, 15) is 0 Å². The minimum Gasteiger partial charge on any atom is -0.351 e. The van der Waals surface area contributed by atoms with Crippen LogP contribution in [0.2, 0.25) is 0 Å². The Bertz CT molecular complexity index is 745. The number of rotatable bonds is 4. The van der Waals surface area contributed by atoms with Crippen LogP contribution in [-0.2, 0) is 6.54 Å². The van der Waals surface area contributed by atoms with Gasteiger partial charge < -0.3 is 4.90 Å². The molecular formula is C18H20BrN5. The Morgan fingerprint density at radius 1 is 1.08 bits per heavy atom. The van der Waals surface area contributed by atoms with Crippen LogP contribution in [0.25, 0.3) is 0 Å². The van der Waals surface area contributed by atoms with Crippen LogP contribution in [0.4, 0.5) is 5.82 Å². The maximum absolute atomic E-state index is 4.55. The van der Waals surface area contributed by atoms with Gasteiger partial charge in [0.2, 0.25) is 0 Å². The largest absolute Gasteiger partial charge is 0.351 e. The van der Waals surface area contributed by atoms with Gasteiger partial charge in [-0.25, -0.2) is 9.97 Å². The number of hydrogen-bond donors (Lipinski definition) is 0. The summed E-state index contributed by atoms with van der Waals surface area (Å²) >= 11 is 3.45. The number of piperazine rings is 1. The Morgan fingerprint density at radius 3 is 2.71 bits per heavy atom. The molecule has 5 rings (SSSR count). The molecule has 1 aliphatic carbocycles. The molecule has 3 aliphatic rings. The molecule has 2 aromatic heterocycles. The van der Waals surface area contributed by atoms with Gasteiger partial charge in [-0.05, 0) is 47.3 Å². The summed E-state index contributed by atoms with van der Waals surface area (Å²) in [7, 11) is 0. The highest BCUT2D eigenvalue weighted by Gasteiger charge is 2.43. The van der Waals surface area contributed by atoms with Crippen molar-refractivity contribution >= 4 is 21.7 Å². The molecule has 2 bridgehead atoms. The first-order valence-electron chi connectivity index (χ1n) is 8.69. The fourth-order valence-corrected chi connectivity index (χ4v) is 4.29. The SMILES string of the molecule is Brc1ccc(CN2CC3CC2CN3c2cc(C3CC3)ncn2)nc1. The number of nitrogens with zero attached hydrogens (tertiary/aromatic N) is 5. The highest BCUT2D eigenvalue weighted by Crippen LogP contribution is 2.41.